The lowest BCUT2D eigenvalue weighted by atomic mass is 10.00. The Morgan fingerprint density at radius 1 is 0.217 bits per heavy atom. The summed E-state index contributed by atoms with van der Waals surface area (Å²) in [4.78, 5) is 20.4. The SMILES string of the molecule is CCCCC(CC)COc1cc(OCC(CC)CCCC)cc(-c2c3nc(c(-c4cc(OCC(CC)CCCC)cc(OCC(CC)CCCC)c4)c4ccc([nH]4)c(-c4cc(OCC(CC)CCCC)cc(OCC(CC)CCCC)c4)c4nc(c(-c5cc(OCC(CC)CCCC)cc(OCC(CC)CCCC)c5)c5ccc2[nH]5)C=C4)C=C3)c1. The molecule has 658 valence electrons. The van der Waals surface area contributed by atoms with E-state index in [1.54, 1.807) is 0 Å². The molecule has 0 aliphatic carbocycles. The second kappa shape index (κ2) is 52.4. The highest BCUT2D eigenvalue weighted by Crippen LogP contribution is 2.45. The van der Waals surface area contributed by atoms with Gasteiger partial charge in [0.05, 0.1) is 75.6 Å². The molecule has 2 N–H and O–H groups in total. The number of ether oxygens (including phenoxy) is 8. The number of aromatic amines is 2. The van der Waals surface area contributed by atoms with Crippen molar-refractivity contribution in [1.29, 1.82) is 0 Å². The predicted molar refractivity (Wildman–Crippen MR) is 511 cm³/mol. The van der Waals surface area contributed by atoms with E-state index >= 15 is 0 Å². The van der Waals surface area contributed by atoms with E-state index in [1.807, 2.05) is 0 Å². The molecule has 0 saturated heterocycles. The number of hydrogen-bond acceptors (Lipinski definition) is 10. The number of fused-ring (bicyclic) bond motifs is 8. The van der Waals surface area contributed by atoms with Crippen molar-refractivity contribution in [2.75, 3.05) is 52.9 Å². The fourth-order valence-corrected chi connectivity index (χ4v) is 16.8. The molecule has 0 spiro atoms. The summed E-state index contributed by atoms with van der Waals surface area (Å²) in [5, 5.41) is 0. The topological polar surface area (TPSA) is 131 Å². The Labute approximate surface area is 726 Å². The van der Waals surface area contributed by atoms with E-state index in [1.165, 1.54) is 0 Å². The van der Waals surface area contributed by atoms with Crippen molar-refractivity contribution >= 4 is 46.4 Å². The molecule has 120 heavy (non-hydrogen) atoms. The van der Waals surface area contributed by atoms with Crippen LogP contribution in [0.25, 0.3) is 90.9 Å². The second-order valence-electron chi connectivity index (χ2n) is 35.1. The van der Waals surface area contributed by atoms with Gasteiger partial charge in [-0.2, -0.15) is 0 Å². The van der Waals surface area contributed by atoms with Gasteiger partial charge in [-0.1, -0.05) is 265 Å². The van der Waals surface area contributed by atoms with Gasteiger partial charge in [-0.15, -0.1) is 0 Å². The lowest BCUT2D eigenvalue weighted by molar-refractivity contribution is 0.223. The minimum absolute atomic E-state index is 0.409. The number of hydrogen-bond donors (Lipinski definition) is 2. The zero-order valence-electron chi connectivity index (χ0n) is 77.6. The predicted octanol–water partition coefficient (Wildman–Crippen LogP) is 32.1. The maximum Gasteiger partial charge on any atom is 0.123 e. The van der Waals surface area contributed by atoms with Gasteiger partial charge >= 0.3 is 0 Å². The first-order chi connectivity index (χ1) is 58.7. The van der Waals surface area contributed by atoms with Gasteiger partial charge in [-0.25, -0.2) is 9.97 Å². The normalized spacial score (nSPS) is 14.0. The van der Waals surface area contributed by atoms with Crippen molar-refractivity contribution in [1.82, 2.24) is 19.9 Å². The first-order valence-corrected chi connectivity index (χ1v) is 48.5. The van der Waals surface area contributed by atoms with Crippen LogP contribution in [0.5, 0.6) is 46.0 Å². The average Bonchev–Trinajstić information content (AvgIpc) is 1.59. The van der Waals surface area contributed by atoms with Crippen LogP contribution in [-0.2, 0) is 0 Å². The third kappa shape index (κ3) is 29.0. The highest BCUT2D eigenvalue weighted by Gasteiger charge is 2.26. The molecule has 7 aromatic rings. The molecule has 8 atom stereocenters. The molecule has 12 heteroatoms. The zero-order valence-corrected chi connectivity index (χ0v) is 77.6. The van der Waals surface area contributed by atoms with E-state index < -0.39 is 0 Å². The number of H-pyrrole nitrogens is 2. The van der Waals surface area contributed by atoms with Crippen LogP contribution < -0.4 is 37.9 Å². The molecule has 0 amide bonds. The van der Waals surface area contributed by atoms with Gasteiger partial charge in [0, 0.05) is 68.6 Å². The lowest BCUT2D eigenvalue weighted by Gasteiger charge is -2.19. The summed E-state index contributed by atoms with van der Waals surface area (Å²) in [6.45, 7) is 41.5. The van der Waals surface area contributed by atoms with Gasteiger partial charge < -0.3 is 47.9 Å². The Bertz CT molecular complexity index is 3700. The van der Waals surface area contributed by atoms with E-state index in [4.69, 9.17) is 47.9 Å². The number of nitrogens with one attached hydrogen (secondary N) is 2. The van der Waals surface area contributed by atoms with Gasteiger partial charge in [0.25, 0.3) is 0 Å². The van der Waals surface area contributed by atoms with Crippen LogP contribution in [0.15, 0.2) is 97.1 Å². The van der Waals surface area contributed by atoms with Crippen LogP contribution in [0.1, 0.15) is 339 Å². The van der Waals surface area contributed by atoms with E-state index in [0.29, 0.717) is 100 Å². The largest absolute Gasteiger partial charge is 0.493 e. The minimum atomic E-state index is 0.409. The highest BCUT2D eigenvalue weighted by atomic mass is 16.5. The van der Waals surface area contributed by atoms with Crippen LogP contribution >= 0.6 is 0 Å². The number of rotatable bonds is 60. The molecule has 5 heterocycles. The highest BCUT2D eigenvalue weighted by molar-refractivity contribution is 6.00. The second-order valence-corrected chi connectivity index (χ2v) is 35.1. The van der Waals surface area contributed by atoms with Crippen LogP contribution in [0.2, 0.25) is 0 Å². The van der Waals surface area contributed by atoms with Crippen molar-refractivity contribution in [3.63, 3.8) is 0 Å². The van der Waals surface area contributed by atoms with Gasteiger partial charge in [0.15, 0.2) is 0 Å². The number of aromatic nitrogens is 4. The fourth-order valence-electron chi connectivity index (χ4n) is 16.8. The van der Waals surface area contributed by atoms with Crippen LogP contribution in [0.4, 0.5) is 0 Å². The zero-order chi connectivity index (χ0) is 85.4. The summed E-state index contributed by atoms with van der Waals surface area (Å²) in [7, 11) is 0. The third-order valence-electron chi connectivity index (χ3n) is 25.7. The number of benzene rings is 4. The molecule has 9 rings (SSSR count). The Balaban J connectivity index is 1.46. The summed E-state index contributed by atoms with van der Waals surface area (Å²) in [5.74, 6) is 9.46. The van der Waals surface area contributed by atoms with E-state index in [0.717, 1.165) is 341 Å². The van der Waals surface area contributed by atoms with Gasteiger partial charge in [0.1, 0.15) is 46.0 Å². The monoisotopic (exact) mass is 1640 g/mol. The summed E-state index contributed by atoms with van der Waals surface area (Å²) in [6.07, 6.45) is 44.5. The van der Waals surface area contributed by atoms with E-state index in [2.05, 4.69) is 242 Å². The number of nitrogens with zero attached hydrogens (tertiary/aromatic N) is 2. The molecule has 3 aromatic heterocycles. The van der Waals surface area contributed by atoms with Gasteiger partial charge in [-0.3, -0.25) is 0 Å². The number of unbranched alkanes of at least 4 members (excludes halogenated alkanes) is 8. The van der Waals surface area contributed by atoms with E-state index in [-0.39, 0.29) is 0 Å². The first-order valence-electron chi connectivity index (χ1n) is 48.5. The van der Waals surface area contributed by atoms with Crippen LogP contribution in [0, 0.1) is 47.3 Å². The summed E-state index contributed by atoms with van der Waals surface area (Å²) in [5.41, 5.74) is 14.0. The van der Waals surface area contributed by atoms with Crippen molar-refractivity contribution in [2.24, 2.45) is 47.3 Å². The maximum absolute atomic E-state index is 7.09. The third-order valence-corrected chi connectivity index (χ3v) is 25.7. The average molecular weight is 1640 g/mol. The molecule has 4 aromatic carbocycles. The minimum Gasteiger partial charge on any atom is -0.493 e. The van der Waals surface area contributed by atoms with Crippen molar-refractivity contribution in [3.8, 4) is 90.5 Å². The smallest absolute Gasteiger partial charge is 0.123 e. The van der Waals surface area contributed by atoms with Gasteiger partial charge in [0.2, 0.25) is 0 Å². The molecule has 0 fully saturated rings. The summed E-state index contributed by atoms with van der Waals surface area (Å²) >= 11 is 0. The Hall–Kier alpha value is -8.12. The van der Waals surface area contributed by atoms with Crippen LogP contribution in [0.3, 0.4) is 0 Å². The molecular weight excluding hydrogens is 1480 g/mol. The Morgan fingerprint density at radius 3 is 0.500 bits per heavy atom. The molecule has 0 radical (unpaired) electrons. The Kier molecular flexibility index (Phi) is 41.8. The molecule has 12 nitrogen and oxygen atoms in total. The molecule has 8 unspecified atom stereocenters. The molecular formula is C108H158N4O8. The van der Waals surface area contributed by atoms with Crippen LogP contribution in [-0.4, -0.2) is 72.8 Å². The Morgan fingerprint density at radius 2 is 0.367 bits per heavy atom. The summed E-state index contributed by atoms with van der Waals surface area (Å²) in [6, 6.07) is 35.2. The van der Waals surface area contributed by atoms with Crippen molar-refractivity contribution in [2.45, 2.75) is 316 Å². The van der Waals surface area contributed by atoms with Crippen molar-refractivity contribution < 1.29 is 37.9 Å². The first kappa shape index (κ1) is 95.7. The quantitative estimate of drug-likeness (QED) is 0.0380. The maximum atomic E-state index is 7.09. The lowest BCUT2D eigenvalue weighted by Crippen LogP contribution is -2.13. The molecule has 0 saturated carbocycles. The molecule has 2 aliphatic rings. The molecule has 2 aliphatic heterocycles. The van der Waals surface area contributed by atoms with Gasteiger partial charge in [-0.05, 0) is 218 Å². The van der Waals surface area contributed by atoms with E-state index in [9.17, 15) is 0 Å². The molecule has 8 bridgehead atoms. The summed E-state index contributed by atoms with van der Waals surface area (Å²) < 4.78 is 56.7. The fraction of sp³-hybridized carbons (Fsp3) is 0.593. The standard InChI is InChI=1S/C108H158N4O8/c1-17-33-41-77(25-9)69-113-89-57-85(58-90(65-89)114-70-78(26-10)42-34-18-2)105-97-49-51-99(109-97)106(86-59-91(115-71-79(27-11)43-35-19-3)66-92(60-86)116-72-80(28-12)44-36-20-4)101-53-55-103(111-101)108(88-63-95(119-75-83(31-15)47-39-23-7)68-96(64-88)120-76-84(32-16)48-40-24-8)104-56-54-102(112-104)107(100-52-50-98(105)110-100)87-61-93(117-73-81(29-13)45-37-21-5)67-94(62-87)118-74-82(30-14)46-38-22-6/h49-68,77-84,109,112H,17-48,69-76H2,1-16H3. The van der Waals surface area contributed by atoms with Crippen molar-refractivity contribution in [3.05, 3.63) is 120 Å².